The topological polar surface area (TPSA) is 120 Å². The first-order valence-corrected chi connectivity index (χ1v) is 10.2. The van der Waals surface area contributed by atoms with E-state index < -0.39 is 37.9 Å². The molecule has 152 valence electrons. The van der Waals surface area contributed by atoms with Gasteiger partial charge in [-0.3, -0.25) is 14.9 Å². The highest BCUT2D eigenvalue weighted by molar-refractivity contribution is 7.90. The Hall–Kier alpha value is -3.20. The van der Waals surface area contributed by atoms with Crippen molar-refractivity contribution in [2.75, 3.05) is 0 Å². The molecule has 0 radical (unpaired) electrons. The molecular formula is C20H20N2O6S. The zero-order valence-electron chi connectivity index (χ0n) is 16.1. The number of nitrogens with zero attached hydrogens (tertiary/aromatic N) is 2. The third kappa shape index (κ3) is 3.49. The molecule has 0 saturated heterocycles. The molecule has 3 aromatic rings. The summed E-state index contributed by atoms with van der Waals surface area (Å²) in [7, 11) is -4.11. The lowest BCUT2D eigenvalue weighted by atomic mass is 9.75. The Morgan fingerprint density at radius 3 is 2.24 bits per heavy atom. The van der Waals surface area contributed by atoms with Crippen molar-refractivity contribution < 1.29 is 23.2 Å². The maximum absolute atomic E-state index is 13.1. The number of carbonyl (C=O) groups is 1. The molecule has 29 heavy (non-hydrogen) atoms. The van der Waals surface area contributed by atoms with Gasteiger partial charge < -0.3 is 5.11 Å². The summed E-state index contributed by atoms with van der Waals surface area (Å²) >= 11 is 0. The molecule has 0 saturated carbocycles. The van der Waals surface area contributed by atoms with Crippen LogP contribution in [0.15, 0.2) is 59.6 Å². The Labute approximate surface area is 167 Å². The molecule has 0 aliphatic heterocycles. The summed E-state index contributed by atoms with van der Waals surface area (Å²) in [5, 5.41) is 21.6. The van der Waals surface area contributed by atoms with Crippen LogP contribution in [0.3, 0.4) is 0 Å². The van der Waals surface area contributed by atoms with Gasteiger partial charge in [0.15, 0.2) is 0 Å². The summed E-state index contributed by atoms with van der Waals surface area (Å²) < 4.78 is 27.1. The van der Waals surface area contributed by atoms with Crippen molar-refractivity contribution >= 4 is 32.6 Å². The van der Waals surface area contributed by atoms with Gasteiger partial charge >= 0.3 is 5.97 Å². The van der Waals surface area contributed by atoms with Crippen molar-refractivity contribution in [1.82, 2.24) is 3.97 Å². The van der Waals surface area contributed by atoms with Crippen LogP contribution in [0.2, 0.25) is 0 Å². The third-order valence-electron chi connectivity index (χ3n) is 4.73. The van der Waals surface area contributed by atoms with E-state index >= 15 is 0 Å². The summed E-state index contributed by atoms with van der Waals surface area (Å²) in [6.45, 7) is 5.15. The van der Waals surface area contributed by atoms with Crippen molar-refractivity contribution in [3.05, 3.63) is 70.4 Å². The molecule has 1 N–H and O–H groups in total. The highest BCUT2D eigenvalue weighted by Crippen LogP contribution is 2.42. The van der Waals surface area contributed by atoms with E-state index in [9.17, 15) is 28.4 Å². The predicted molar refractivity (Wildman–Crippen MR) is 107 cm³/mol. The van der Waals surface area contributed by atoms with Gasteiger partial charge in [-0.05, 0) is 29.2 Å². The minimum Gasteiger partial charge on any atom is -0.481 e. The lowest BCUT2D eigenvalue weighted by Gasteiger charge is -2.27. The Morgan fingerprint density at radius 1 is 1.10 bits per heavy atom. The highest BCUT2D eigenvalue weighted by atomic mass is 32.2. The zero-order valence-corrected chi connectivity index (χ0v) is 16.9. The fraction of sp³-hybridized carbons (Fsp3) is 0.250. The van der Waals surface area contributed by atoms with Gasteiger partial charge in [0.25, 0.3) is 15.7 Å². The first-order valence-electron chi connectivity index (χ1n) is 8.78. The summed E-state index contributed by atoms with van der Waals surface area (Å²) in [6.07, 6.45) is 0.943. The number of aromatic nitrogens is 1. The molecule has 0 bridgehead atoms. The van der Waals surface area contributed by atoms with Gasteiger partial charge in [-0.1, -0.05) is 51.1 Å². The molecule has 1 aromatic heterocycles. The van der Waals surface area contributed by atoms with Crippen molar-refractivity contribution in [1.29, 1.82) is 0 Å². The Bertz CT molecular complexity index is 1210. The van der Waals surface area contributed by atoms with Crippen LogP contribution in [-0.2, 0) is 14.8 Å². The molecule has 0 fully saturated rings. The third-order valence-corrected chi connectivity index (χ3v) is 6.42. The van der Waals surface area contributed by atoms with Gasteiger partial charge in [0.1, 0.15) is 0 Å². The molecule has 1 atom stereocenters. The number of carboxylic acids is 1. The number of fused-ring (bicyclic) bond motifs is 1. The fourth-order valence-corrected chi connectivity index (χ4v) is 4.90. The van der Waals surface area contributed by atoms with E-state index in [0.29, 0.717) is 0 Å². The van der Waals surface area contributed by atoms with Crippen LogP contribution in [0.25, 0.3) is 10.9 Å². The maximum Gasteiger partial charge on any atom is 0.311 e. The summed E-state index contributed by atoms with van der Waals surface area (Å²) in [6, 6.07) is 12.0. The van der Waals surface area contributed by atoms with Crippen LogP contribution in [0.1, 0.15) is 32.3 Å². The minimum atomic E-state index is -4.11. The number of hydrogen-bond donors (Lipinski definition) is 1. The van der Waals surface area contributed by atoms with Crippen molar-refractivity contribution in [3.8, 4) is 0 Å². The Balaban J connectivity index is 2.41. The number of nitro groups is 1. The average molecular weight is 416 g/mol. The van der Waals surface area contributed by atoms with Crippen LogP contribution in [0, 0.1) is 15.5 Å². The second-order valence-corrected chi connectivity index (χ2v) is 9.58. The molecule has 1 heterocycles. The van der Waals surface area contributed by atoms with E-state index in [1.54, 1.807) is 39.0 Å². The first-order chi connectivity index (χ1) is 13.5. The largest absolute Gasteiger partial charge is 0.481 e. The minimum absolute atomic E-state index is 0.0133. The molecule has 3 rings (SSSR count). The van der Waals surface area contributed by atoms with Gasteiger partial charge in [0, 0.05) is 0 Å². The molecule has 9 heteroatoms. The quantitative estimate of drug-likeness (QED) is 0.496. The molecule has 1 unspecified atom stereocenters. The van der Waals surface area contributed by atoms with Crippen LogP contribution >= 0.6 is 0 Å². The van der Waals surface area contributed by atoms with Gasteiger partial charge in [0.2, 0.25) is 0 Å². The summed E-state index contributed by atoms with van der Waals surface area (Å²) in [4.78, 5) is 23.0. The van der Waals surface area contributed by atoms with Gasteiger partial charge in [-0.15, -0.1) is 0 Å². The molecule has 0 spiro atoms. The Kier molecular flexibility index (Phi) is 4.96. The average Bonchev–Trinajstić information content (AvgIpc) is 3.02. The van der Waals surface area contributed by atoms with E-state index in [-0.39, 0.29) is 21.4 Å². The lowest BCUT2D eigenvalue weighted by molar-refractivity contribution is -0.383. The molecule has 2 aromatic carbocycles. The summed E-state index contributed by atoms with van der Waals surface area (Å²) in [5.41, 5.74) is -0.940. The second kappa shape index (κ2) is 7.00. The molecule has 0 aliphatic rings. The van der Waals surface area contributed by atoms with E-state index in [0.717, 1.165) is 10.2 Å². The SMILES string of the molecule is CC(C)(C)C(C(=O)O)c1cccc2c1c([N+](=O)[O-])cn2S(=O)(=O)c1ccccc1. The lowest BCUT2D eigenvalue weighted by Crippen LogP contribution is -2.26. The maximum atomic E-state index is 13.1. The second-order valence-electron chi connectivity index (χ2n) is 7.76. The summed E-state index contributed by atoms with van der Waals surface area (Å²) in [5.74, 6) is -2.21. The number of benzene rings is 2. The van der Waals surface area contributed by atoms with E-state index in [4.69, 9.17) is 0 Å². The standard InChI is InChI=1S/C20H20N2O6S/c1-20(2,3)18(19(23)24)14-10-7-11-15-17(14)16(22(25)26)12-21(15)29(27,28)13-8-5-4-6-9-13/h4-12,18H,1-3H3,(H,23,24). The smallest absolute Gasteiger partial charge is 0.311 e. The van der Waals surface area contributed by atoms with Crippen molar-refractivity contribution in [2.24, 2.45) is 5.41 Å². The van der Waals surface area contributed by atoms with Crippen LogP contribution in [0.5, 0.6) is 0 Å². The van der Waals surface area contributed by atoms with Crippen molar-refractivity contribution in [2.45, 2.75) is 31.6 Å². The first kappa shape index (κ1) is 20.5. The Morgan fingerprint density at radius 2 is 1.72 bits per heavy atom. The van der Waals surface area contributed by atoms with Gasteiger partial charge in [0.05, 0.1) is 32.8 Å². The zero-order chi connectivity index (χ0) is 21.6. The number of rotatable bonds is 5. The monoisotopic (exact) mass is 416 g/mol. The molecule has 0 amide bonds. The number of hydrogen-bond acceptors (Lipinski definition) is 5. The molecular weight excluding hydrogens is 396 g/mol. The van der Waals surface area contributed by atoms with E-state index in [2.05, 4.69) is 0 Å². The normalized spacial score (nSPS) is 13.3. The van der Waals surface area contributed by atoms with Crippen molar-refractivity contribution in [3.63, 3.8) is 0 Å². The molecule has 8 nitrogen and oxygen atoms in total. The van der Waals surface area contributed by atoms with Gasteiger partial charge in [-0.2, -0.15) is 0 Å². The van der Waals surface area contributed by atoms with Gasteiger partial charge in [-0.25, -0.2) is 12.4 Å². The van der Waals surface area contributed by atoms with Crippen LogP contribution in [0.4, 0.5) is 5.69 Å². The fourth-order valence-electron chi connectivity index (χ4n) is 3.52. The van der Waals surface area contributed by atoms with Crippen LogP contribution in [-0.4, -0.2) is 28.4 Å². The number of carboxylic acid groups (broad SMARTS) is 1. The van der Waals surface area contributed by atoms with E-state index in [1.165, 1.54) is 30.3 Å². The molecule has 0 aliphatic carbocycles. The predicted octanol–water partition coefficient (Wildman–Crippen LogP) is 4.00. The van der Waals surface area contributed by atoms with E-state index in [1.807, 2.05) is 0 Å². The highest BCUT2D eigenvalue weighted by Gasteiger charge is 2.37. The van der Waals surface area contributed by atoms with Crippen LogP contribution < -0.4 is 0 Å². The number of aliphatic carboxylic acids is 1.